The molecule has 0 atom stereocenters. The largest absolute Gasteiger partial charge is 0.496 e. The summed E-state index contributed by atoms with van der Waals surface area (Å²) in [4.78, 5) is 20.2. The average Bonchev–Trinajstić information content (AvgIpc) is 2.29. The van der Waals surface area contributed by atoms with Gasteiger partial charge in [0.2, 0.25) is 0 Å². The van der Waals surface area contributed by atoms with Crippen LogP contribution in [0.3, 0.4) is 0 Å². The van der Waals surface area contributed by atoms with Crippen molar-refractivity contribution in [3.8, 4) is 5.75 Å². The zero-order valence-corrected chi connectivity index (χ0v) is 8.75. The highest BCUT2D eigenvalue weighted by Crippen LogP contribution is 2.25. The van der Waals surface area contributed by atoms with Crippen LogP contribution in [0.1, 0.15) is 12.0 Å². The Labute approximate surface area is 92.5 Å². The van der Waals surface area contributed by atoms with Crippen molar-refractivity contribution in [3.05, 3.63) is 40.0 Å². The van der Waals surface area contributed by atoms with Crippen molar-refractivity contribution >= 4 is 18.0 Å². The summed E-state index contributed by atoms with van der Waals surface area (Å²) in [5, 5.41) is 10.6. The molecule has 0 bridgehead atoms. The fraction of sp³-hybridized carbons (Fsp3) is 0.182. The maximum atomic E-state index is 10.6. The Balaban J connectivity index is 3.06. The van der Waals surface area contributed by atoms with Crippen LogP contribution in [-0.2, 0) is 4.79 Å². The molecule has 16 heavy (non-hydrogen) atoms. The van der Waals surface area contributed by atoms with Crippen molar-refractivity contribution in [2.24, 2.45) is 0 Å². The van der Waals surface area contributed by atoms with Gasteiger partial charge in [0.25, 0.3) is 5.69 Å². The Hall–Kier alpha value is -2.17. The number of methoxy groups -OCH3 is 1. The number of ether oxygens (including phenoxy) is 1. The molecule has 1 aromatic rings. The van der Waals surface area contributed by atoms with Gasteiger partial charge in [-0.3, -0.25) is 10.1 Å². The number of hydrogen-bond acceptors (Lipinski definition) is 4. The quantitative estimate of drug-likeness (QED) is 0.434. The SMILES string of the molecule is COc1ccc([N+](=O)[O-])cc1C=CCC=O. The molecule has 5 heteroatoms. The molecule has 0 heterocycles. The monoisotopic (exact) mass is 221 g/mol. The molecule has 0 fully saturated rings. The molecule has 5 nitrogen and oxygen atoms in total. The van der Waals surface area contributed by atoms with Gasteiger partial charge in [0.05, 0.1) is 12.0 Å². The number of non-ortho nitro benzene ring substituents is 1. The molecule has 0 saturated heterocycles. The van der Waals surface area contributed by atoms with Crippen LogP contribution in [0, 0.1) is 10.1 Å². The van der Waals surface area contributed by atoms with E-state index in [1.807, 2.05) is 0 Å². The highest BCUT2D eigenvalue weighted by atomic mass is 16.6. The van der Waals surface area contributed by atoms with E-state index >= 15 is 0 Å². The van der Waals surface area contributed by atoms with Gasteiger partial charge in [-0.15, -0.1) is 0 Å². The first kappa shape index (κ1) is 11.9. The zero-order valence-electron chi connectivity index (χ0n) is 8.75. The molecule has 1 aromatic carbocycles. The minimum absolute atomic E-state index is 0.00782. The summed E-state index contributed by atoms with van der Waals surface area (Å²) in [6.45, 7) is 0. The third-order valence-corrected chi connectivity index (χ3v) is 1.95. The summed E-state index contributed by atoms with van der Waals surface area (Å²) in [5.41, 5.74) is 0.574. The number of rotatable bonds is 5. The van der Waals surface area contributed by atoms with E-state index in [4.69, 9.17) is 4.74 Å². The Morgan fingerprint density at radius 2 is 2.25 bits per heavy atom. The number of benzene rings is 1. The first-order valence-electron chi connectivity index (χ1n) is 4.61. The van der Waals surface area contributed by atoms with E-state index in [9.17, 15) is 14.9 Å². The minimum atomic E-state index is -0.476. The summed E-state index contributed by atoms with van der Waals surface area (Å²) in [7, 11) is 1.48. The highest BCUT2D eigenvalue weighted by molar-refractivity contribution is 5.63. The van der Waals surface area contributed by atoms with E-state index in [0.717, 1.165) is 6.29 Å². The van der Waals surface area contributed by atoms with Gasteiger partial charge in [-0.05, 0) is 6.07 Å². The normalized spacial score (nSPS) is 10.3. The van der Waals surface area contributed by atoms with E-state index < -0.39 is 4.92 Å². The third-order valence-electron chi connectivity index (χ3n) is 1.95. The standard InChI is InChI=1S/C11H11NO4/c1-16-11-6-5-10(12(14)15)8-9(11)4-2-3-7-13/h2,4-8H,3H2,1H3. The van der Waals surface area contributed by atoms with Gasteiger partial charge in [0.1, 0.15) is 12.0 Å². The van der Waals surface area contributed by atoms with Crippen LogP contribution in [-0.4, -0.2) is 18.3 Å². The smallest absolute Gasteiger partial charge is 0.270 e. The molecule has 84 valence electrons. The van der Waals surface area contributed by atoms with Gasteiger partial charge < -0.3 is 9.53 Å². The maximum absolute atomic E-state index is 10.6. The topological polar surface area (TPSA) is 69.4 Å². The van der Waals surface area contributed by atoms with E-state index in [0.29, 0.717) is 11.3 Å². The average molecular weight is 221 g/mol. The highest BCUT2D eigenvalue weighted by Gasteiger charge is 2.08. The first-order valence-corrected chi connectivity index (χ1v) is 4.61. The summed E-state index contributed by atoms with van der Waals surface area (Å²) >= 11 is 0. The van der Waals surface area contributed by atoms with Crippen molar-refractivity contribution < 1.29 is 14.5 Å². The first-order chi connectivity index (χ1) is 7.69. The van der Waals surface area contributed by atoms with Crippen LogP contribution < -0.4 is 4.74 Å². The van der Waals surface area contributed by atoms with Crippen molar-refractivity contribution in [1.29, 1.82) is 0 Å². The molecule has 0 saturated carbocycles. The fourth-order valence-corrected chi connectivity index (χ4v) is 1.22. The Morgan fingerprint density at radius 3 is 2.81 bits per heavy atom. The second-order valence-corrected chi connectivity index (χ2v) is 2.99. The maximum Gasteiger partial charge on any atom is 0.270 e. The second-order valence-electron chi connectivity index (χ2n) is 2.99. The molecule has 0 spiro atoms. The number of aldehydes is 1. The Morgan fingerprint density at radius 1 is 1.50 bits per heavy atom. The van der Waals surface area contributed by atoms with Crippen molar-refractivity contribution in [2.45, 2.75) is 6.42 Å². The van der Waals surface area contributed by atoms with Crippen molar-refractivity contribution in [1.82, 2.24) is 0 Å². The number of nitro benzene ring substituents is 1. The zero-order chi connectivity index (χ0) is 12.0. The van der Waals surface area contributed by atoms with E-state index in [-0.39, 0.29) is 12.1 Å². The molecule has 0 unspecified atom stereocenters. The van der Waals surface area contributed by atoms with Crippen LogP contribution in [0.4, 0.5) is 5.69 Å². The molecule has 0 aliphatic heterocycles. The van der Waals surface area contributed by atoms with Gasteiger partial charge >= 0.3 is 0 Å². The lowest BCUT2D eigenvalue weighted by molar-refractivity contribution is -0.384. The second kappa shape index (κ2) is 5.65. The molecule has 0 aliphatic rings. The number of nitrogens with zero attached hydrogens (tertiary/aromatic N) is 1. The molecule has 0 aromatic heterocycles. The number of allylic oxidation sites excluding steroid dienone is 1. The van der Waals surface area contributed by atoms with Crippen LogP contribution >= 0.6 is 0 Å². The van der Waals surface area contributed by atoms with Crippen molar-refractivity contribution in [2.75, 3.05) is 7.11 Å². The van der Waals surface area contributed by atoms with E-state index in [1.54, 1.807) is 12.2 Å². The number of nitro groups is 1. The van der Waals surface area contributed by atoms with Crippen LogP contribution in [0.15, 0.2) is 24.3 Å². The summed E-state index contributed by atoms with van der Waals surface area (Å²) in [6.07, 6.45) is 4.26. The van der Waals surface area contributed by atoms with Crippen molar-refractivity contribution in [3.63, 3.8) is 0 Å². The summed E-state index contributed by atoms with van der Waals surface area (Å²) in [5.74, 6) is 0.535. The lowest BCUT2D eigenvalue weighted by Gasteiger charge is -2.03. The van der Waals surface area contributed by atoms with Crippen LogP contribution in [0.2, 0.25) is 0 Å². The molecule has 0 aliphatic carbocycles. The molecule has 0 radical (unpaired) electrons. The third kappa shape index (κ3) is 2.91. The predicted octanol–water partition coefficient (Wildman–Crippen LogP) is 2.21. The van der Waals surface area contributed by atoms with Gasteiger partial charge in [-0.2, -0.15) is 0 Å². The van der Waals surface area contributed by atoms with Gasteiger partial charge in [-0.1, -0.05) is 12.2 Å². The summed E-state index contributed by atoms with van der Waals surface area (Å²) in [6, 6.07) is 4.30. The van der Waals surface area contributed by atoms with Gasteiger partial charge in [0.15, 0.2) is 0 Å². The fourth-order valence-electron chi connectivity index (χ4n) is 1.22. The van der Waals surface area contributed by atoms with E-state index in [1.165, 1.54) is 25.3 Å². The van der Waals surface area contributed by atoms with Crippen LogP contribution in [0.5, 0.6) is 5.75 Å². The number of carbonyl (C=O) groups is 1. The molecule has 0 N–H and O–H groups in total. The molecular weight excluding hydrogens is 210 g/mol. The number of hydrogen-bond donors (Lipinski definition) is 0. The molecule has 0 amide bonds. The minimum Gasteiger partial charge on any atom is -0.496 e. The number of carbonyl (C=O) groups excluding carboxylic acids is 1. The summed E-state index contributed by atoms with van der Waals surface area (Å²) < 4.78 is 5.05. The lowest BCUT2D eigenvalue weighted by atomic mass is 10.1. The predicted molar refractivity (Wildman–Crippen MR) is 59.4 cm³/mol. The Kier molecular flexibility index (Phi) is 4.20. The van der Waals surface area contributed by atoms with Gasteiger partial charge in [-0.25, -0.2) is 0 Å². The molecular formula is C11H11NO4. The Bertz CT molecular complexity index is 426. The lowest BCUT2D eigenvalue weighted by Crippen LogP contribution is -1.91. The van der Waals surface area contributed by atoms with Crippen LogP contribution in [0.25, 0.3) is 6.08 Å². The van der Waals surface area contributed by atoms with Gasteiger partial charge in [0, 0.05) is 24.1 Å². The van der Waals surface area contributed by atoms with E-state index in [2.05, 4.69) is 0 Å². The molecule has 1 rings (SSSR count).